The first kappa shape index (κ1) is 29.1. The highest BCUT2D eigenvalue weighted by Crippen LogP contribution is 2.50. The van der Waals surface area contributed by atoms with Crippen molar-refractivity contribution in [3.8, 4) is 11.5 Å². The number of fused-ring (bicyclic) bond motifs is 3. The Kier molecular flexibility index (Phi) is 8.57. The Morgan fingerprint density at radius 2 is 1.72 bits per heavy atom. The van der Waals surface area contributed by atoms with E-state index in [4.69, 9.17) is 18.7 Å². The lowest BCUT2D eigenvalue weighted by Gasteiger charge is -2.45. The van der Waals surface area contributed by atoms with E-state index >= 15 is 0 Å². The minimum Gasteiger partial charge on any atom is -0.467 e. The number of nitrogens with zero attached hydrogens (tertiary/aromatic N) is 2. The molecule has 2 aliphatic carbocycles. The second-order valence-corrected chi connectivity index (χ2v) is 11.2. The molecule has 226 valence electrons. The fraction of sp³-hybridized carbons (Fsp3) is 0.406. The molecular formula is C32H34N2O9. The lowest BCUT2D eigenvalue weighted by Crippen LogP contribution is -2.54. The minimum atomic E-state index is -1.21. The number of furan rings is 1. The van der Waals surface area contributed by atoms with Crippen LogP contribution in [0.5, 0.6) is 11.5 Å². The summed E-state index contributed by atoms with van der Waals surface area (Å²) in [4.78, 5) is 34.1. The van der Waals surface area contributed by atoms with E-state index in [9.17, 15) is 24.9 Å². The number of oxime groups is 1. The zero-order valence-corrected chi connectivity index (χ0v) is 23.4. The minimum absolute atomic E-state index is 0.00668. The maximum absolute atomic E-state index is 13.9. The highest BCUT2D eigenvalue weighted by molar-refractivity contribution is 6.22. The standard InChI is InChI=1S/C32H34N2O9/c35-20(16-40-18-23-10-5-13-41-23)17-42-33-26-15-27(36)30(37)28-24(26)11-12-25-29(28)32(39)34(31(25)38)19-6-4-9-22(14-19)43-21-7-2-1-3-8-21/h1-10,13-14,20,24-25,27-30,35-37H,11-12,15-18H2/t20-,24+,25+,27+,28-,29+,30+/m0/s1. The molecule has 6 rings (SSSR count). The van der Waals surface area contributed by atoms with E-state index in [1.165, 1.54) is 11.2 Å². The Morgan fingerprint density at radius 1 is 0.930 bits per heavy atom. The number of rotatable bonds is 10. The van der Waals surface area contributed by atoms with E-state index in [0.29, 0.717) is 41.5 Å². The maximum Gasteiger partial charge on any atom is 0.238 e. The SMILES string of the molecule is O=C1[C@H]2[C@H]3[C@H](O)[C@H](O)CC(=NOC[C@@H](O)COCc4ccco4)[C@H]3CC[C@H]2C(=O)N1c1cccc(Oc2ccccc2)c1. The van der Waals surface area contributed by atoms with Gasteiger partial charge in [-0.3, -0.25) is 9.59 Å². The molecule has 0 unspecified atom stereocenters. The van der Waals surface area contributed by atoms with Gasteiger partial charge in [-0.15, -0.1) is 0 Å². The number of carbonyl (C=O) groups is 2. The molecule has 2 amide bonds. The molecular weight excluding hydrogens is 556 g/mol. The Labute approximate surface area is 248 Å². The van der Waals surface area contributed by atoms with Gasteiger partial charge in [-0.25, -0.2) is 4.90 Å². The number of amides is 2. The first-order chi connectivity index (χ1) is 20.9. The monoisotopic (exact) mass is 590 g/mol. The molecule has 0 bridgehead atoms. The maximum atomic E-state index is 13.9. The van der Waals surface area contributed by atoms with Crippen LogP contribution in [0, 0.1) is 23.7 Å². The number of aliphatic hydroxyl groups excluding tert-OH is 3. The molecule has 3 aliphatic rings. The summed E-state index contributed by atoms with van der Waals surface area (Å²) < 4.78 is 16.5. The average Bonchev–Trinajstić information content (AvgIpc) is 3.62. The Balaban J connectivity index is 1.14. The third-order valence-corrected chi connectivity index (χ3v) is 8.42. The van der Waals surface area contributed by atoms with Gasteiger partial charge in [0.15, 0.2) is 0 Å². The van der Waals surface area contributed by atoms with Gasteiger partial charge in [0.25, 0.3) is 0 Å². The Hall–Kier alpha value is -4.03. The van der Waals surface area contributed by atoms with Crippen molar-refractivity contribution in [1.29, 1.82) is 0 Å². The van der Waals surface area contributed by atoms with Crippen molar-refractivity contribution in [2.75, 3.05) is 18.1 Å². The largest absolute Gasteiger partial charge is 0.467 e. The smallest absolute Gasteiger partial charge is 0.238 e. The molecule has 0 spiro atoms. The lowest BCUT2D eigenvalue weighted by molar-refractivity contribution is -0.132. The van der Waals surface area contributed by atoms with E-state index < -0.39 is 42.0 Å². The van der Waals surface area contributed by atoms with Crippen molar-refractivity contribution in [1.82, 2.24) is 0 Å². The van der Waals surface area contributed by atoms with E-state index in [1.807, 2.05) is 30.3 Å². The number of para-hydroxylation sites is 1. The normalized spacial score (nSPS) is 28.4. The highest BCUT2D eigenvalue weighted by atomic mass is 16.6. The van der Waals surface area contributed by atoms with Crippen molar-refractivity contribution >= 4 is 23.2 Å². The zero-order valence-electron chi connectivity index (χ0n) is 23.4. The van der Waals surface area contributed by atoms with Gasteiger partial charge < -0.3 is 34.0 Å². The molecule has 11 heteroatoms. The molecule has 2 saturated carbocycles. The molecule has 7 atom stereocenters. The molecule has 1 saturated heterocycles. The molecule has 2 heterocycles. The van der Waals surface area contributed by atoms with Gasteiger partial charge in [-0.2, -0.15) is 0 Å². The summed E-state index contributed by atoms with van der Waals surface area (Å²) in [6.07, 6.45) is -0.805. The number of hydrogen-bond donors (Lipinski definition) is 3. The van der Waals surface area contributed by atoms with Crippen LogP contribution < -0.4 is 9.64 Å². The third-order valence-electron chi connectivity index (χ3n) is 8.42. The van der Waals surface area contributed by atoms with Gasteiger partial charge in [-0.05, 0) is 49.2 Å². The first-order valence-electron chi connectivity index (χ1n) is 14.4. The van der Waals surface area contributed by atoms with Crippen LogP contribution in [-0.4, -0.2) is 64.4 Å². The van der Waals surface area contributed by atoms with Crippen LogP contribution in [0.2, 0.25) is 0 Å². The van der Waals surface area contributed by atoms with Gasteiger partial charge >= 0.3 is 0 Å². The van der Waals surface area contributed by atoms with Crippen LogP contribution in [0.25, 0.3) is 0 Å². The van der Waals surface area contributed by atoms with E-state index in [1.54, 1.807) is 36.4 Å². The van der Waals surface area contributed by atoms with E-state index in [-0.39, 0.29) is 38.1 Å². The van der Waals surface area contributed by atoms with Gasteiger partial charge in [-0.1, -0.05) is 29.4 Å². The molecule has 43 heavy (non-hydrogen) atoms. The molecule has 0 radical (unpaired) electrons. The molecule has 3 fully saturated rings. The molecule has 2 aromatic carbocycles. The van der Waals surface area contributed by atoms with Crippen LogP contribution in [0.3, 0.4) is 0 Å². The molecule has 3 aromatic rings. The molecule has 3 N–H and O–H groups in total. The molecule has 1 aromatic heterocycles. The predicted octanol–water partition coefficient (Wildman–Crippen LogP) is 3.28. The zero-order chi connectivity index (χ0) is 29.9. The number of imide groups is 1. The Morgan fingerprint density at radius 3 is 2.51 bits per heavy atom. The number of benzene rings is 2. The number of ether oxygens (including phenoxy) is 2. The van der Waals surface area contributed by atoms with Crippen LogP contribution in [-0.2, 0) is 25.8 Å². The van der Waals surface area contributed by atoms with Crippen molar-refractivity contribution < 1.29 is 43.6 Å². The molecule has 1 aliphatic heterocycles. The van der Waals surface area contributed by atoms with Gasteiger partial charge in [0.1, 0.15) is 36.6 Å². The highest BCUT2D eigenvalue weighted by Gasteiger charge is 2.60. The van der Waals surface area contributed by atoms with Crippen LogP contribution >= 0.6 is 0 Å². The Bertz CT molecular complexity index is 1440. The number of anilines is 1. The average molecular weight is 591 g/mol. The molecule has 11 nitrogen and oxygen atoms in total. The van der Waals surface area contributed by atoms with Crippen LogP contribution in [0.1, 0.15) is 25.0 Å². The van der Waals surface area contributed by atoms with Crippen LogP contribution in [0.15, 0.2) is 82.6 Å². The summed E-state index contributed by atoms with van der Waals surface area (Å²) >= 11 is 0. The number of carbonyl (C=O) groups excluding carboxylic acids is 2. The van der Waals surface area contributed by atoms with Gasteiger partial charge in [0, 0.05) is 24.3 Å². The van der Waals surface area contributed by atoms with Crippen molar-refractivity contribution in [3.63, 3.8) is 0 Å². The summed E-state index contributed by atoms with van der Waals surface area (Å²) in [7, 11) is 0. The number of hydrogen-bond acceptors (Lipinski definition) is 10. The van der Waals surface area contributed by atoms with Crippen LogP contribution in [0.4, 0.5) is 5.69 Å². The van der Waals surface area contributed by atoms with Crippen molar-refractivity contribution in [2.45, 2.75) is 44.2 Å². The van der Waals surface area contributed by atoms with Gasteiger partial charge in [0.2, 0.25) is 11.8 Å². The topological polar surface area (TPSA) is 151 Å². The second kappa shape index (κ2) is 12.7. The van der Waals surface area contributed by atoms with Gasteiger partial charge in [0.05, 0.1) is 48.3 Å². The van der Waals surface area contributed by atoms with E-state index in [0.717, 1.165) is 0 Å². The summed E-state index contributed by atoms with van der Waals surface area (Å²) in [6, 6.07) is 19.5. The third kappa shape index (κ3) is 6.07. The van der Waals surface area contributed by atoms with Crippen molar-refractivity contribution in [3.05, 3.63) is 78.8 Å². The fourth-order valence-corrected chi connectivity index (χ4v) is 6.48. The number of aliphatic hydroxyl groups is 3. The fourth-order valence-electron chi connectivity index (χ4n) is 6.48. The summed E-state index contributed by atoms with van der Waals surface area (Å²) in [5, 5.41) is 36.3. The van der Waals surface area contributed by atoms with Crippen molar-refractivity contribution in [2.24, 2.45) is 28.8 Å². The quantitative estimate of drug-likeness (QED) is 0.239. The first-order valence-corrected chi connectivity index (χ1v) is 14.4. The predicted molar refractivity (Wildman–Crippen MR) is 153 cm³/mol. The lowest BCUT2D eigenvalue weighted by atomic mass is 9.60. The summed E-state index contributed by atoms with van der Waals surface area (Å²) in [6.45, 7) is 0.0755. The summed E-state index contributed by atoms with van der Waals surface area (Å²) in [5.41, 5.74) is 0.891. The van der Waals surface area contributed by atoms with E-state index in [2.05, 4.69) is 5.16 Å². The summed E-state index contributed by atoms with van der Waals surface area (Å²) in [5.74, 6) is -1.53. The second-order valence-electron chi connectivity index (χ2n) is 11.2.